The first-order chi connectivity index (χ1) is 7.58. The summed E-state index contributed by atoms with van der Waals surface area (Å²) in [5, 5.41) is 0. The lowest BCUT2D eigenvalue weighted by atomic mass is 9.90. The van der Waals surface area contributed by atoms with E-state index >= 15 is 0 Å². The van der Waals surface area contributed by atoms with E-state index in [-0.39, 0.29) is 5.54 Å². The molecule has 2 nitrogen and oxygen atoms in total. The minimum Gasteiger partial charge on any atom is -0.329 e. The molecule has 0 aliphatic carbocycles. The molecule has 16 heavy (non-hydrogen) atoms. The molecule has 0 aromatic carbocycles. The lowest BCUT2D eigenvalue weighted by Gasteiger charge is -2.41. The topological polar surface area (TPSA) is 29.3 Å². The van der Waals surface area contributed by atoms with Crippen molar-refractivity contribution in [2.75, 3.05) is 19.6 Å². The van der Waals surface area contributed by atoms with Gasteiger partial charge in [-0.15, -0.1) is 0 Å². The Hall–Kier alpha value is -0.0800. The second-order valence-electron chi connectivity index (χ2n) is 6.03. The number of hydrogen-bond donors (Lipinski definition) is 1. The van der Waals surface area contributed by atoms with E-state index in [1.54, 1.807) is 0 Å². The van der Waals surface area contributed by atoms with Gasteiger partial charge < -0.3 is 5.73 Å². The molecule has 1 heterocycles. The van der Waals surface area contributed by atoms with Crippen molar-refractivity contribution in [2.24, 2.45) is 11.7 Å². The van der Waals surface area contributed by atoms with Crippen LogP contribution in [0.1, 0.15) is 59.3 Å². The van der Waals surface area contributed by atoms with Gasteiger partial charge in [-0.25, -0.2) is 0 Å². The van der Waals surface area contributed by atoms with Crippen LogP contribution in [0.2, 0.25) is 0 Å². The highest BCUT2D eigenvalue weighted by molar-refractivity contribution is 4.88. The molecule has 0 aromatic heterocycles. The molecular formula is C14H30N2. The van der Waals surface area contributed by atoms with Gasteiger partial charge in [0.25, 0.3) is 0 Å². The molecule has 1 saturated heterocycles. The Kier molecular flexibility index (Phi) is 5.77. The first-order valence-electron chi connectivity index (χ1n) is 7.03. The summed E-state index contributed by atoms with van der Waals surface area (Å²) >= 11 is 0. The Morgan fingerprint density at radius 3 is 2.12 bits per heavy atom. The molecule has 96 valence electrons. The number of likely N-dealkylation sites (tertiary alicyclic amines) is 1. The van der Waals surface area contributed by atoms with Crippen LogP contribution in [0.25, 0.3) is 0 Å². The first-order valence-corrected chi connectivity index (χ1v) is 7.03. The quantitative estimate of drug-likeness (QED) is 0.781. The Bertz CT molecular complexity index is 183. The van der Waals surface area contributed by atoms with Gasteiger partial charge in [0.2, 0.25) is 0 Å². The molecule has 1 aliphatic rings. The van der Waals surface area contributed by atoms with Crippen LogP contribution in [0.15, 0.2) is 0 Å². The van der Waals surface area contributed by atoms with Crippen molar-refractivity contribution in [3.05, 3.63) is 0 Å². The van der Waals surface area contributed by atoms with Gasteiger partial charge in [-0.1, -0.05) is 26.7 Å². The molecule has 0 amide bonds. The van der Waals surface area contributed by atoms with Crippen molar-refractivity contribution in [1.29, 1.82) is 0 Å². The van der Waals surface area contributed by atoms with Crippen LogP contribution >= 0.6 is 0 Å². The van der Waals surface area contributed by atoms with Crippen LogP contribution in [-0.4, -0.2) is 30.1 Å². The van der Waals surface area contributed by atoms with E-state index in [2.05, 4.69) is 25.7 Å². The third-order valence-corrected chi connectivity index (χ3v) is 4.07. The zero-order valence-electron chi connectivity index (χ0n) is 11.5. The Balaban J connectivity index is 2.54. The van der Waals surface area contributed by atoms with Crippen molar-refractivity contribution in [3.63, 3.8) is 0 Å². The molecule has 1 atom stereocenters. The van der Waals surface area contributed by atoms with Crippen LogP contribution in [0, 0.1) is 5.92 Å². The molecule has 0 spiro atoms. The van der Waals surface area contributed by atoms with Gasteiger partial charge in [0.1, 0.15) is 0 Å². The predicted molar refractivity (Wildman–Crippen MR) is 71.6 cm³/mol. The summed E-state index contributed by atoms with van der Waals surface area (Å²) in [7, 11) is 0. The molecule has 0 bridgehead atoms. The van der Waals surface area contributed by atoms with Crippen molar-refractivity contribution >= 4 is 0 Å². The molecule has 1 aliphatic heterocycles. The average molecular weight is 226 g/mol. The lowest BCUT2D eigenvalue weighted by Crippen LogP contribution is -2.52. The summed E-state index contributed by atoms with van der Waals surface area (Å²) in [6, 6.07) is 0. The number of nitrogens with two attached hydrogens (primary N) is 1. The second kappa shape index (κ2) is 6.61. The Labute approximate surface area is 102 Å². The molecule has 2 N–H and O–H groups in total. The van der Waals surface area contributed by atoms with E-state index in [4.69, 9.17) is 5.73 Å². The smallest absolute Gasteiger partial charge is 0.0303 e. The third-order valence-electron chi connectivity index (χ3n) is 4.07. The fourth-order valence-electron chi connectivity index (χ4n) is 2.60. The van der Waals surface area contributed by atoms with E-state index in [0.29, 0.717) is 0 Å². The van der Waals surface area contributed by atoms with Crippen molar-refractivity contribution in [1.82, 2.24) is 4.90 Å². The highest BCUT2D eigenvalue weighted by Gasteiger charge is 2.30. The standard InChI is InChI=1S/C14H30N2/c1-13(2)8-9-14(3,12-15)16-10-6-4-5-7-11-16/h13H,4-12,15H2,1-3H3. The van der Waals surface area contributed by atoms with Crippen LogP contribution in [0.5, 0.6) is 0 Å². The van der Waals surface area contributed by atoms with Gasteiger partial charge in [0, 0.05) is 12.1 Å². The maximum atomic E-state index is 6.03. The van der Waals surface area contributed by atoms with Gasteiger partial charge in [0.15, 0.2) is 0 Å². The van der Waals surface area contributed by atoms with E-state index < -0.39 is 0 Å². The van der Waals surface area contributed by atoms with E-state index in [0.717, 1.165) is 12.5 Å². The third kappa shape index (κ3) is 4.06. The molecular weight excluding hydrogens is 196 g/mol. The van der Waals surface area contributed by atoms with Gasteiger partial charge in [-0.3, -0.25) is 4.90 Å². The van der Waals surface area contributed by atoms with E-state index in [9.17, 15) is 0 Å². The molecule has 0 saturated carbocycles. The summed E-state index contributed by atoms with van der Waals surface area (Å²) in [5.74, 6) is 0.790. The summed E-state index contributed by atoms with van der Waals surface area (Å²) in [5.41, 5.74) is 6.28. The SMILES string of the molecule is CC(C)CCC(C)(CN)N1CCCCCC1. The fraction of sp³-hybridized carbons (Fsp3) is 1.00. The summed E-state index contributed by atoms with van der Waals surface area (Å²) in [6.07, 6.45) is 8.07. The minimum atomic E-state index is 0.245. The minimum absolute atomic E-state index is 0.245. The molecule has 1 rings (SSSR count). The van der Waals surface area contributed by atoms with Gasteiger partial charge >= 0.3 is 0 Å². The largest absolute Gasteiger partial charge is 0.329 e. The lowest BCUT2D eigenvalue weighted by molar-refractivity contribution is 0.0997. The molecule has 0 aromatic rings. The normalized spacial score (nSPS) is 23.1. The van der Waals surface area contributed by atoms with Crippen molar-refractivity contribution in [2.45, 2.75) is 64.8 Å². The maximum Gasteiger partial charge on any atom is 0.0303 e. The number of hydrogen-bond acceptors (Lipinski definition) is 2. The van der Waals surface area contributed by atoms with Crippen LogP contribution in [0.4, 0.5) is 0 Å². The zero-order valence-corrected chi connectivity index (χ0v) is 11.5. The molecule has 0 radical (unpaired) electrons. The van der Waals surface area contributed by atoms with Gasteiger partial charge in [-0.2, -0.15) is 0 Å². The second-order valence-corrected chi connectivity index (χ2v) is 6.03. The monoisotopic (exact) mass is 226 g/mol. The fourth-order valence-corrected chi connectivity index (χ4v) is 2.60. The average Bonchev–Trinajstić information content (AvgIpc) is 2.54. The molecule has 2 heteroatoms. The summed E-state index contributed by atoms with van der Waals surface area (Å²) < 4.78 is 0. The Morgan fingerprint density at radius 2 is 1.69 bits per heavy atom. The van der Waals surface area contributed by atoms with Crippen molar-refractivity contribution in [3.8, 4) is 0 Å². The predicted octanol–water partition coefficient (Wildman–Crippen LogP) is 3.02. The number of nitrogens with zero attached hydrogens (tertiary/aromatic N) is 1. The van der Waals surface area contributed by atoms with Crippen molar-refractivity contribution < 1.29 is 0 Å². The number of rotatable bonds is 5. The first kappa shape index (κ1) is 14.0. The highest BCUT2D eigenvalue weighted by atomic mass is 15.2. The van der Waals surface area contributed by atoms with Crippen LogP contribution in [-0.2, 0) is 0 Å². The Morgan fingerprint density at radius 1 is 1.12 bits per heavy atom. The van der Waals surface area contributed by atoms with E-state index in [1.807, 2.05) is 0 Å². The highest BCUT2D eigenvalue weighted by Crippen LogP contribution is 2.25. The maximum absolute atomic E-state index is 6.03. The molecule has 1 unspecified atom stereocenters. The summed E-state index contributed by atoms with van der Waals surface area (Å²) in [4.78, 5) is 2.66. The van der Waals surface area contributed by atoms with Gasteiger partial charge in [0.05, 0.1) is 0 Å². The zero-order chi connectivity index (χ0) is 12.0. The summed E-state index contributed by atoms with van der Waals surface area (Å²) in [6.45, 7) is 10.3. The van der Waals surface area contributed by atoms with Crippen LogP contribution < -0.4 is 5.73 Å². The van der Waals surface area contributed by atoms with E-state index in [1.165, 1.54) is 51.6 Å². The van der Waals surface area contributed by atoms with Crippen LogP contribution in [0.3, 0.4) is 0 Å². The molecule has 1 fully saturated rings. The van der Waals surface area contributed by atoms with Gasteiger partial charge in [-0.05, 0) is 51.6 Å².